The van der Waals surface area contributed by atoms with Crippen LogP contribution in [0.15, 0.2) is 200 Å². The smallest absolute Gasteiger partial charge is 0.189 e. The minimum absolute atomic E-state index is 0. The molecule has 52 heavy (non-hydrogen) atoms. The molecule has 0 fully saturated rings. The summed E-state index contributed by atoms with van der Waals surface area (Å²) >= 11 is 0. The van der Waals surface area contributed by atoms with Crippen LogP contribution in [0.4, 0.5) is 0 Å². The van der Waals surface area contributed by atoms with Crippen molar-refractivity contribution in [3.63, 3.8) is 0 Å². The molecular formula is C45H36FeO6. The molecule has 6 nitrogen and oxygen atoms in total. The Bertz CT molecular complexity index is 1830. The van der Waals surface area contributed by atoms with Crippen molar-refractivity contribution in [2.45, 2.75) is 0 Å². The fourth-order valence-electron chi connectivity index (χ4n) is 4.51. The van der Waals surface area contributed by atoms with Gasteiger partial charge in [-0.05, 0) is 0 Å². The van der Waals surface area contributed by atoms with Gasteiger partial charge in [0.25, 0.3) is 0 Å². The number of aliphatic hydroxyl groups is 3. The van der Waals surface area contributed by atoms with Crippen LogP contribution in [0, 0.1) is 0 Å². The summed E-state index contributed by atoms with van der Waals surface area (Å²) in [5.74, 6) is -0.649. The van der Waals surface area contributed by atoms with E-state index in [4.69, 9.17) is 0 Å². The Kier molecular flexibility index (Phi) is 16.5. The number of aliphatic hydroxyl groups excluding tert-OH is 3. The Morgan fingerprint density at radius 2 is 0.442 bits per heavy atom. The van der Waals surface area contributed by atoms with Crippen LogP contribution >= 0.6 is 0 Å². The molecule has 0 heterocycles. The van der Waals surface area contributed by atoms with Crippen LogP contribution in [0.25, 0.3) is 17.3 Å². The summed E-state index contributed by atoms with van der Waals surface area (Å²) in [6.45, 7) is 0. The van der Waals surface area contributed by atoms with E-state index >= 15 is 0 Å². The normalized spacial score (nSPS) is 11.0. The van der Waals surface area contributed by atoms with Crippen LogP contribution in [0.3, 0.4) is 0 Å². The average Bonchev–Trinajstić information content (AvgIpc) is 3.20. The second-order valence-corrected chi connectivity index (χ2v) is 10.9. The zero-order valence-corrected chi connectivity index (χ0v) is 29.1. The Balaban J connectivity index is 0.000000208. The van der Waals surface area contributed by atoms with Crippen molar-refractivity contribution >= 4 is 34.6 Å². The number of hydrogen-bond acceptors (Lipinski definition) is 6. The predicted octanol–water partition coefficient (Wildman–Crippen LogP) is 10.4. The zero-order chi connectivity index (χ0) is 36.3. The molecule has 0 radical (unpaired) electrons. The third kappa shape index (κ3) is 13.1. The quantitative estimate of drug-likeness (QED) is 0.0591. The van der Waals surface area contributed by atoms with Crippen LogP contribution in [0.2, 0.25) is 0 Å². The van der Waals surface area contributed by atoms with Gasteiger partial charge in [-0.3, -0.25) is 14.4 Å². The van der Waals surface area contributed by atoms with Gasteiger partial charge in [0.1, 0.15) is 17.3 Å². The largest absolute Gasteiger partial charge is 0.507 e. The van der Waals surface area contributed by atoms with Gasteiger partial charge in [-0.2, -0.15) is 0 Å². The number of carbonyl (C=O) groups excluding carboxylic acids is 3. The average molecular weight is 729 g/mol. The van der Waals surface area contributed by atoms with Crippen molar-refractivity contribution in [2.75, 3.05) is 0 Å². The molecule has 0 aliphatic carbocycles. The summed E-state index contributed by atoms with van der Waals surface area (Å²) in [7, 11) is 0. The molecule has 0 amide bonds. The second-order valence-electron chi connectivity index (χ2n) is 10.9. The molecule has 260 valence electrons. The Labute approximate surface area is 313 Å². The molecule has 0 saturated carbocycles. The molecule has 0 aromatic heterocycles. The SMILES string of the molecule is O=C(/C=C(/O)c1ccccc1)c1ccccc1.O=C(/C=C(/O)c1ccccc1)c1ccccc1.O=C(C=C(O)c1ccccc1)c1ccccc1.[Fe]. The van der Waals surface area contributed by atoms with Gasteiger partial charge in [-0.1, -0.05) is 182 Å². The molecule has 0 atom stereocenters. The molecule has 0 saturated heterocycles. The fraction of sp³-hybridized carbons (Fsp3) is 0. The first-order chi connectivity index (χ1) is 24.8. The molecule has 0 spiro atoms. The van der Waals surface area contributed by atoms with Gasteiger partial charge in [0.05, 0.1) is 0 Å². The maximum Gasteiger partial charge on any atom is 0.189 e. The van der Waals surface area contributed by atoms with Gasteiger partial charge in [-0.15, -0.1) is 0 Å². The number of allylic oxidation sites excluding steroid dienone is 3. The van der Waals surface area contributed by atoms with Gasteiger partial charge in [-0.25, -0.2) is 0 Å². The summed E-state index contributed by atoms with van der Waals surface area (Å²) < 4.78 is 0. The summed E-state index contributed by atoms with van der Waals surface area (Å²) in [5, 5.41) is 29.4. The molecule has 0 unspecified atom stereocenters. The van der Waals surface area contributed by atoms with E-state index in [1.54, 1.807) is 109 Å². The monoisotopic (exact) mass is 728 g/mol. The van der Waals surface area contributed by atoms with Crippen molar-refractivity contribution in [3.05, 3.63) is 234 Å². The maximum atomic E-state index is 11.8. The number of rotatable bonds is 9. The molecule has 0 aliphatic heterocycles. The third-order valence-corrected chi connectivity index (χ3v) is 7.19. The van der Waals surface area contributed by atoms with Gasteiger partial charge in [0.2, 0.25) is 0 Å². The van der Waals surface area contributed by atoms with Crippen LogP contribution in [0.1, 0.15) is 47.8 Å². The number of carbonyl (C=O) groups is 3. The molecule has 6 aromatic carbocycles. The topological polar surface area (TPSA) is 112 Å². The van der Waals surface area contributed by atoms with E-state index in [-0.39, 0.29) is 51.7 Å². The summed E-state index contributed by atoms with van der Waals surface area (Å²) in [6, 6.07) is 53.6. The molecule has 3 N–H and O–H groups in total. The second kappa shape index (κ2) is 21.5. The molecule has 0 bridgehead atoms. The molecule has 7 heteroatoms. The summed E-state index contributed by atoms with van der Waals surface area (Å²) in [5.41, 5.74) is 3.60. The number of hydrogen-bond donors (Lipinski definition) is 3. The van der Waals surface area contributed by atoms with Crippen molar-refractivity contribution in [3.8, 4) is 0 Å². The van der Waals surface area contributed by atoms with E-state index in [1.807, 2.05) is 72.8 Å². The standard InChI is InChI=1S/3C15H12O2.Fe/c3*16-14(12-7-3-1-4-8-12)11-15(17)13-9-5-2-6-10-13;/h3*1-11,16H;/b2*14-11+;;. The van der Waals surface area contributed by atoms with E-state index < -0.39 is 0 Å². The van der Waals surface area contributed by atoms with Gasteiger partial charge in [0, 0.05) is 68.7 Å². The van der Waals surface area contributed by atoms with E-state index in [9.17, 15) is 29.7 Å². The van der Waals surface area contributed by atoms with Crippen LogP contribution < -0.4 is 0 Å². The first-order valence-electron chi connectivity index (χ1n) is 16.0. The predicted molar refractivity (Wildman–Crippen MR) is 203 cm³/mol. The van der Waals surface area contributed by atoms with Crippen molar-refractivity contribution in [1.82, 2.24) is 0 Å². The van der Waals surface area contributed by atoms with Crippen LogP contribution in [-0.2, 0) is 17.1 Å². The van der Waals surface area contributed by atoms with Crippen molar-refractivity contribution in [1.29, 1.82) is 0 Å². The van der Waals surface area contributed by atoms with Crippen molar-refractivity contribution in [2.24, 2.45) is 0 Å². The minimum Gasteiger partial charge on any atom is -0.507 e. The minimum atomic E-state index is -0.202. The summed E-state index contributed by atoms with van der Waals surface area (Å²) in [6.07, 6.45) is 3.72. The number of ketones is 3. The van der Waals surface area contributed by atoms with E-state index in [2.05, 4.69) is 0 Å². The van der Waals surface area contributed by atoms with Gasteiger partial charge in [0.15, 0.2) is 17.3 Å². The fourth-order valence-corrected chi connectivity index (χ4v) is 4.51. The van der Waals surface area contributed by atoms with Gasteiger partial charge < -0.3 is 15.3 Å². The molecule has 0 aliphatic rings. The Morgan fingerprint density at radius 1 is 0.288 bits per heavy atom. The Morgan fingerprint density at radius 3 is 0.615 bits per heavy atom. The van der Waals surface area contributed by atoms with E-state index in [0.29, 0.717) is 33.4 Å². The Hall–Kier alpha value is -6.53. The zero-order valence-electron chi connectivity index (χ0n) is 28.0. The van der Waals surface area contributed by atoms with E-state index in [0.717, 1.165) is 0 Å². The van der Waals surface area contributed by atoms with Crippen LogP contribution in [0.5, 0.6) is 0 Å². The summed E-state index contributed by atoms with van der Waals surface area (Å²) in [4.78, 5) is 35.4. The van der Waals surface area contributed by atoms with Crippen LogP contribution in [-0.4, -0.2) is 32.7 Å². The van der Waals surface area contributed by atoms with Gasteiger partial charge >= 0.3 is 0 Å². The molecular weight excluding hydrogens is 692 g/mol. The maximum absolute atomic E-state index is 11.8. The van der Waals surface area contributed by atoms with E-state index in [1.165, 1.54) is 18.2 Å². The van der Waals surface area contributed by atoms with Crippen molar-refractivity contribution < 1.29 is 46.8 Å². The first kappa shape index (κ1) is 39.9. The molecule has 6 rings (SSSR count). The first-order valence-corrected chi connectivity index (χ1v) is 16.0. The third-order valence-electron chi connectivity index (χ3n) is 7.19. The number of benzene rings is 6. The molecule has 6 aromatic rings.